The monoisotopic (exact) mass is 711 g/mol. The van der Waals surface area contributed by atoms with Crippen LogP contribution in [0.4, 0.5) is 11.4 Å². The van der Waals surface area contributed by atoms with Gasteiger partial charge in [0.1, 0.15) is 11.8 Å². The lowest BCUT2D eigenvalue weighted by Gasteiger charge is -2.31. The first-order valence-electron chi connectivity index (χ1n) is 14.9. The molecular formula is C36H30BrN3O4S2. The molecule has 3 atom stereocenters. The van der Waals surface area contributed by atoms with E-state index < -0.39 is 17.1 Å². The number of hydrogen-bond donors (Lipinski definition) is 1. The fraction of sp³-hybridized carbons (Fsp3) is 0.222. The average Bonchev–Trinajstić information content (AvgIpc) is 3.47. The highest BCUT2D eigenvalue weighted by molar-refractivity contribution is 9.10. The minimum absolute atomic E-state index is 0.0717. The van der Waals surface area contributed by atoms with Gasteiger partial charge in [-0.25, -0.2) is 4.90 Å². The summed E-state index contributed by atoms with van der Waals surface area (Å²) in [6, 6.07) is 28.7. The summed E-state index contributed by atoms with van der Waals surface area (Å²) in [7, 11) is 0. The number of rotatable bonds is 5. The number of aromatic nitrogens is 1. The minimum atomic E-state index is -0.752. The maximum atomic E-state index is 14.2. The maximum Gasteiger partial charge on any atom is 0.308 e. The zero-order chi connectivity index (χ0) is 32.3. The molecule has 1 fully saturated rings. The molecule has 10 heteroatoms. The summed E-state index contributed by atoms with van der Waals surface area (Å²) >= 11 is 5.70. The number of nitrogens with zero attached hydrogens (tertiary/aromatic N) is 2. The molecule has 2 unspecified atom stereocenters. The van der Waals surface area contributed by atoms with E-state index in [4.69, 9.17) is 0 Å². The molecule has 7 nitrogen and oxygen atoms in total. The summed E-state index contributed by atoms with van der Waals surface area (Å²) in [5.41, 5.74) is 3.09. The van der Waals surface area contributed by atoms with Crippen LogP contribution in [0.1, 0.15) is 42.7 Å². The van der Waals surface area contributed by atoms with Crippen molar-refractivity contribution in [3.8, 4) is 0 Å². The number of thioether (sulfide) groups is 1. The number of anilines is 2. The molecule has 46 heavy (non-hydrogen) atoms. The van der Waals surface area contributed by atoms with Crippen LogP contribution in [0, 0.1) is 5.92 Å². The highest BCUT2D eigenvalue weighted by Crippen LogP contribution is 2.54. The normalized spacial score (nSPS) is 19.3. The predicted molar refractivity (Wildman–Crippen MR) is 188 cm³/mol. The second-order valence-corrected chi connectivity index (χ2v) is 15.6. The van der Waals surface area contributed by atoms with E-state index in [1.54, 1.807) is 24.3 Å². The molecule has 5 aromatic rings. The Morgan fingerprint density at radius 3 is 2.28 bits per heavy atom. The van der Waals surface area contributed by atoms with Crippen molar-refractivity contribution in [2.24, 2.45) is 5.92 Å². The number of imide groups is 1. The second kappa shape index (κ2) is 11.7. The quantitative estimate of drug-likeness (QED) is 0.190. The van der Waals surface area contributed by atoms with Crippen LogP contribution in [0.2, 0.25) is 0 Å². The fourth-order valence-electron chi connectivity index (χ4n) is 6.32. The van der Waals surface area contributed by atoms with Crippen molar-refractivity contribution in [3.05, 3.63) is 121 Å². The highest BCUT2D eigenvalue weighted by atomic mass is 79.9. The van der Waals surface area contributed by atoms with Gasteiger partial charge in [0.05, 0.1) is 16.6 Å². The number of carbonyl (C=O) groups excluding carboxylic acids is 3. The van der Waals surface area contributed by atoms with Gasteiger partial charge in [-0.2, -0.15) is 0 Å². The standard InChI is InChI=1S/C36H30BrN3O4S2/c1-36(2,3)22-13-11-21(12-14-22)28-29-30(33(43)40(32(29)42)24-17-15-23(37)16-18-24)45-34-31(28)46-35(44)39(34)19-27(41)38-26-10-6-8-20-7-4-5-9-25(20)26/h4-18,28-30H,19H2,1-3H3,(H,38,41)/t28-,29?,30?/m1/s1. The molecule has 0 radical (unpaired) electrons. The SMILES string of the molecule is CC(C)(C)c1ccc([C@H]2c3sc(=O)n(CC(=O)Nc4cccc5ccccc45)c3SC3C(=O)N(c4ccc(Br)cc4)C(=O)C32)cc1. The number of amides is 3. The number of thiazole rings is 1. The Hall–Kier alpha value is -3.99. The Kier molecular flexibility index (Phi) is 7.77. The van der Waals surface area contributed by atoms with Crippen LogP contribution in [-0.2, 0) is 26.3 Å². The topological polar surface area (TPSA) is 88.5 Å². The Morgan fingerprint density at radius 1 is 0.870 bits per heavy atom. The fourth-order valence-corrected chi connectivity index (χ4v) is 9.35. The summed E-state index contributed by atoms with van der Waals surface area (Å²) < 4.78 is 2.30. The molecule has 0 aliphatic carbocycles. The summed E-state index contributed by atoms with van der Waals surface area (Å²) in [4.78, 5) is 56.9. The Morgan fingerprint density at radius 2 is 1.57 bits per heavy atom. The van der Waals surface area contributed by atoms with Crippen molar-refractivity contribution in [2.75, 3.05) is 10.2 Å². The van der Waals surface area contributed by atoms with Crippen molar-refractivity contribution >= 4 is 78.9 Å². The number of nitrogens with one attached hydrogen (secondary N) is 1. The summed E-state index contributed by atoms with van der Waals surface area (Å²) in [5.74, 6) is -2.19. The van der Waals surface area contributed by atoms with Crippen LogP contribution < -0.4 is 15.1 Å². The van der Waals surface area contributed by atoms with Crippen LogP contribution in [0.5, 0.6) is 0 Å². The Labute approximate surface area is 282 Å². The van der Waals surface area contributed by atoms with E-state index >= 15 is 0 Å². The minimum Gasteiger partial charge on any atom is -0.324 e. The van der Waals surface area contributed by atoms with Crippen molar-refractivity contribution in [1.29, 1.82) is 0 Å². The third kappa shape index (κ3) is 5.32. The second-order valence-electron chi connectivity index (χ2n) is 12.6. The van der Waals surface area contributed by atoms with Crippen LogP contribution in [-0.4, -0.2) is 27.5 Å². The Bertz CT molecular complexity index is 2070. The van der Waals surface area contributed by atoms with Crippen LogP contribution in [0.15, 0.2) is 105 Å². The van der Waals surface area contributed by atoms with Gasteiger partial charge in [0.2, 0.25) is 17.7 Å². The molecule has 0 spiro atoms. The molecule has 4 aromatic carbocycles. The number of hydrogen-bond acceptors (Lipinski definition) is 6. The molecule has 1 N–H and O–H groups in total. The predicted octanol–water partition coefficient (Wildman–Crippen LogP) is 7.56. The number of carbonyl (C=O) groups is 3. The van der Waals surface area contributed by atoms with Crippen LogP contribution >= 0.6 is 39.0 Å². The summed E-state index contributed by atoms with van der Waals surface area (Å²) in [6.07, 6.45) is 0. The lowest BCUT2D eigenvalue weighted by molar-refractivity contribution is -0.122. The van der Waals surface area contributed by atoms with Gasteiger partial charge in [-0.05, 0) is 52.3 Å². The molecule has 0 bridgehead atoms. The zero-order valence-electron chi connectivity index (χ0n) is 25.3. The van der Waals surface area contributed by atoms with Gasteiger partial charge >= 0.3 is 4.87 Å². The molecular weight excluding hydrogens is 682 g/mol. The highest BCUT2D eigenvalue weighted by Gasteiger charge is 2.56. The number of benzene rings is 4. The van der Waals surface area contributed by atoms with Gasteiger partial charge in [0.15, 0.2) is 0 Å². The van der Waals surface area contributed by atoms with Gasteiger partial charge in [0.25, 0.3) is 0 Å². The largest absolute Gasteiger partial charge is 0.324 e. The van der Waals surface area contributed by atoms with Crippen molar-refractivity contribution in [3.63, 3.8) is 0 Å². The zero-order valence-corrected chi connectivity index (χ0v) is 28.5. The number of halogens is 1. The first-order chi connectivity index (χ1) is 22.0. The Balaban J connectivity index is 1.29. The third-order valence-electron chi connectivity index (χ3n) is 8.64. The summed E-state index contributed by atoms with van der Waals surface area (Å²) in [5, 5.41) is 4.68. The lowest BCUT2D eigenvalue weighted by Crippen LogP contribution is -2.33. The van der Waals surface area contributed by atoms with E-state index in [-0.39, 0.29) is 34.6 Å². The van der Waals surface area contributed by atoms with E-state index in [9.17, 15) is 19.2 Å². The van der Waals surface area contributed by atoms with E-state index in [0.717, 1.165) is 37.7 Å². The smallest absolute Gasteiger partial charge is 0.308 e. The van der Waals surface area contributed by atoms with Crippen LogP contribution in [0.25, 0.3) is 10.8 Å². The van der Waals surface area contributed by atoms with Gasteiger partial charge in [-0.15, -0.1) is 0 Å². The molecule has 1 saturated heterocycles. The molecule has 3 heterocycles. The number of fused-ring (bicyclic) bond motifs is 3. The third-order valence-corrected chi connectivity index (χ3v) is 11.8. The maximum absolute atomic E-state index is 14.2. The van der Waals surface area contributed by atoms with Crippen molar-refractivity contribution in [1.82, 2.24) is 4.57 Å². The van der Waals surface area contributed by atoms with Crippen molar-refractivity contribution < 1.29 is 14.4 Å². The summed E-state index contributed by atoms with van der Waals surface area (Å²) in [6.45, 7) is 6.19. The first kappa shape index (κ1) is 30.7. The van der Waals surface area contributed by atoms with E-state index in [1.165, 1.54) is 21.2 Å². The molecule has 1 aromatic heterocycles. The van der Waals surface area contributed by atoms with Gasteiger partial charge in [-0.3, -0.25) is 23.7 Å². The molecule has 232 valence electrons. The average molecular weight is 713 g/mol. The molecule has 2 aliphatic rings. The van der Waals surface area contributed by atoms with Gasteiger partial charge in [0, 0.05) is 26.3 Å². The lowest BCUT2D eigenvalue weighted by atomic mass is 9.81. The van der Waals surface area contributed by atoms with Crippen molar-refractivity contribution in [2.45, 2.75) is 48.9 Å². The van der Waals surface area contributed by atoms with Crippen LogP contribution in [0.3, 0.4) is 0 Å². The van der Waals surface area contributed by atoms with E-state index in [2.05, 4.69) is 54.2 Å². The molecule has 0 saturated carbocycles. The van der Waals surface area contributed by atoms with E-state index in [0.29, 0.717) is 21.3 Å². The first-order valence-corrected chi connectivity index (χ1v) is 17.4. The van der Waals surface area contributed by atoms with E-state index in [1.807, 2.05) is 54.6 Å². The molecule has 2 aliphatic heterocycles. The van der Waals surface area contributed by atoms with Gasteiger partial charge in [-0.1, -0.05) is 120 Å². The molecule has 3 amide bonds. The van der Waals surface area contributed by atoms with Gasteiger partial charge < -0.3 is 5.32 Å². The molecule has 7 rings (SSSR count).